The van der Waals surface area contributed by atoms with Gasteiger partial charge in [0.05, 0.1) is 29.3 Å². The Balaban J connectivity index is 1.81. The van der Waals surface area contributed by atoms with Crippen LogP contribution in [0, 0.1) is 0 Å². The Bertz CT molecular complexity index is 917. The summed E-state index contributed by atoms with van der Waals surface area (Å²) in [7, 11) is 1.73. The zero-order valence-corrected chi connectivity index (χ0v) is 15.9. The fourth-order valence-electron chi connectivity index (χ4n) is 4.37. The number of anilines is 1. The lowest BCUT2D eigenvalue weighted by Gasteiger charge is -2.42. The Hall–Kier alpha value is -2.25. The molecule has 0 unspecified atom stereocenters. The van der Waals surface area contributed by atoms with E-state index in [0.717, 1.165) is 43.1 Å². The van der Waals surface area contributed by atoms with Crippen LogP contribution < -0.4 is 10.6 Å². The average Bonchev–Trinajstić information content (AvgIpc) is 2.96. The van der Waals surface area contributed by atoms with Gasteiger partial charge in [0.2, 0.25) is 0 Å². The summed E-state index contributed by atoms with van der Waals surface area (Å²) in [6.45, 7) is 0.303. The largest absolute Gasteiger partial charge is 0.480 e. The Labute approximate surface area is 161 Å². The molecule has 1 aromatic heterocycles. The van der Waals surface area contributed by atoms with E-state index in [1.54, 1.807) is 18.0 Å². The van der Waals surface area contributed by atoms with Gasteiger partial charge in [0.15, 0.2) is 0 Å². The van der Waals surface area contributed by atoms with Crippen molar-refractivity contribution in [1.82, 2.24) is 10.2 Å². The molecule has 0 atom stereocenters. The zero-order valence-electron chi connectivity index (χ0n) is 15.1. The third kappa shape index (κ3) is 3.26. The van der Waals surface area contributed by atoms with Gasteiger partial charge in [0.1, 0.15) is 11.3 Å². The second-order valence-corrected chi connectivity index (χ2v) is 7.93. The lowest BCUT2D eigenvalue weighted by molar-refractivity contribution is -0.138. The normalized spacial score (nSPS) is 18.4. The Kier molecular flexibility index (Phi) is 4.52. The highest BCUT2D eigenvalue weighted by Gasteiger charge is 2.43. The molecule has 1 aromatic carbocycles. The van der Waals surface area contributed by atoms with Crippen molar-refractivity contribution in [3.8, 4) is 0 Å². The highest BCUT2D eigenvalue weighted by molar-refractivity contribution is 6.35. The van der Waals surface area contributed by atoms with Crippen LogP contribution in [0.3, 0.4) is 0 Å². The third-order valence-corrected chi connectivity index (χ3v) is 5.72. The number of hydrogen-bond donors (Lipinski definition) is 3. The van der Waals surface area contributed by atoms with Crippen molar-refractivity contribution in [2.75, 3.05) is 18.9 Å². The maximum Gasteiger partial charge on any atom is 0.319 e. The van der Waals surface area contributed by atoms with Crippen molar-refractivity contribution < 1.29 is 19.1 Å². The predicted octanol–water partition coefficient (Wildman–Crippen LogP) is 3.90. The van der Waals surface area contributed by atoms with E-state index < -0.39 is 11.5 Å². The van der Waals surface area contributed by atoms with Crippen molar-refractivity contribution in [3.63, 3.8) is 0 Å². The van der Waals surface area contributed by atoms with Crippen LogP contribution >= 0.6 is 11.6 Å². The number of hydrogen-bond acceptors (Lipinski definition) is 4. The number of furan rings is 1. The number of halogens is 1. The molecule has 1 aliphatic carbocycles. The van der Waals surface area contributed by atoms with E-state index >= 15 is 0 Å². The standard InChI is InChI=1S/C19H22ClN3O4/c1-23(10-14(24)25)9-12-7-11-8-13(20)16-15(17(11)27-12)19(22-18(26)21-16)5-3-2-4-6-19/h7-8H,2-6,9-10H2,1H3,(H,24,25)(H2,21,22,26). The number of urea groups is 1. The smallest absolute Gasteiger partial charge is 0.319 e. The van der Waals surface area contributed by atoms with Gasteiger partial charge in [-0.2, -0.15) is 0 Å². The summed E-state index contributed by atoms with van der Waals surface area (Å²) in [5, 5.41) is 16.3. The number of nitrogens with zero attached hydrogens (tertiary/aromatic N) is 1. The molecule has 2 aromatic rings. The van der Waals surface area contributed by atoms with E-state index in [-0.39, 0.29) is 12.6 Å². The third-order valence-electron chi connectivity index (χ3n) is 5.42. The van der Waals surface area contributed by atoms with Crippen LogP contribution in [0.2, 0.25) is 5.02 Å². The van der Waals surface area contributed by atoms with Crippen LogP contribution in [0.15, 0.2) is 16.5 Å². The summed E-state index contributed by atoms with van der Waals surface area (Å²) in [6, 6.07) is 3.45. The predicted molar refractivity (Wildman–Crippen MR) is 102 cm³/mol. The van der Waals surface area contributed by atoms with E-state index in [9.17, 15) is 9.59 Å². The molecule has 0 bridgehead atoms. The zero-order chi connectivity index (χ0) is 19.2. The molecule has 8 heteroatoms. The van der Waals surface area contributed by atoms with Crippen molar-refractivity contribution in [2.24, 2.45) is 0 Å². The van der Waals surface area contributed by atoms with E-state index in [0.29, 0.717) is 28.6 Å². The van der Waals surface area contributed by atoms with E-state index in [1.165, 1.54) is 0 Å². The van der Waals surface area contributed by atoms with Crippen LogP contribution in [0.5, 0.6) is 0 Å². The van der Waals surface area contributed by atoms with E-state index in [2.05, 4.69) is 10.6 Å². The Morgan fingerprint density at radius 3 is 2.78 bits per heavy atom. The molecule has 2 heterocycles. The molecule has 144 valence electrons. The second-order valence-electron chi connectivity index (χ2n) is 7.53. The number of carbonyl (C=O) groups excluding carboxylic acids is 1. The summed E-state index contributed by atoms with van der Waals surface area (Å²) in [4.78, 5) is 24.8. The summed E-state index contributed by atoms with van der Waals surface area (Å²) in [5.74, 6) is -0.219. The number of nitrogens with one attached hydrogen (secondary N) is 2. The van der Waals surface area contributed by atoms with Gasteiger partial charge in [0.25, 0.3) is 0 Å². The van der Waals surface area contributed by atoms with Gasteiger partial charge in [-0.15, -0.1) is 0 Å². The van der Waals surface area contributed by atoms with Crippen molar-refractivity contribution >= 4 is 40.3 Å². The molecular formula is C19H22ClN3O4. The quantitative estimate of drug-likeness (QED) is 0.734. The first-order valence-corrected chi connectivity index (χ1v) is 9.51. The SMILES string of the molecule is CN(CC(=O)O)Cc1cc2cc(Cl)c3c(c2o1)C1(CCCCC1)NC(=O)N3. The van der Waals surface area contributed by atoms with Gasteiger partial charge in [-0.25, -0.2) is 4.79 Å². The van der Waals surface area contributed by atoms with Crippen LogP contribution in [0.4, 0.5) is 10.5 Å². The van der Waals surface area contributed by atoms with E-state index in [1.807, 2.05) is 6.07 Å². The Morgan fingerprint density at radius 2 is 2.07 bits per heavy atom. The molecule has 2 aliphatic rings. The lowest BCUT2D eigenvalue weighted by atomic mass is 9.74. The topological polar surface area (TPSA) is 94.8 Å². The maximum atomic E-state index is 12.3. The number of likely N-dealkylation sites (N-methyl/N-ethyl adjacent to an activating group) is 1. The molecule has 7 nitrogen and oxygen atoms in total. The molecule has 27 heavy (non-hydrogen) atoms. The molecule has 1 aliphatic heterocycles. The fraction of sp³-hybridized carbons (Fsp3) is 0.474. The highest BCUT2D eigenvalue weighted by atomic mass is 35.5. The number of aliphatic carboxylic acids is 1. The maximum absolute atomic E-state index is 12.3. The summed E-state index contributed by atoms with van der Waals surface area (Å²) >= 11 is 6.50. The number of fused-ring (bicyclic) bond motifs is 4. The molecule has 0 radical (unpaired) electrons. The van der Waals surface area contributed by atoms with Gasteiger partial charge in [0, 0.05) is 10.9 Å². The lowest BCUT2D eigenvalue weighted by Crippen LogP contribution is -2.52. The molecule has 1 saturated carbocycles. The molecule has 1 spiro atoms. The Morgan fingerprint density at radius 1 is 1.33 bits per heavy atom. The molecular weight excluding hydrogens is 370 g/mol. The minimum Gasteiger partial charge on any atom is -0.480 e. The first kappa shape index (κ1) is 18.1. The number of carboxylic acid groups (broad SMARTS) is 1. The highest BCUT2D eigenvalue weighted by Crippen LogP contribution is 2.48. The minimum absolute atomic E-state index is 0.0720. The first-order chi connectivity index (χ1) is 12.9. The monoisotopic (exact) mass is 391 g/mol. The van der Waals surface area contributed by atoms with Crippen LogP contribution in [0.25, 0.3) is 11.0 Å². The van der Waals surface area contributed by atoms with Crippen LogP contribution in [0.1, 0.15) is 43.4 Å². The van der Waals surface area contributed by atoms with Crippen molar-refractivity contribution in [2.45, 2.75) is 44.2 Å². The molecule has 0 saturated heterocycles. The second kappa shape index (κ2) is 6.73. The van der Waals surface area contributed by atoms with Gasteiger partial charge >= 0.3 is 12.0 Å². The minimum atomic E-state index is -0.887. The van der Waals surface area contributed by atoms with Crippen LogP contribution in [-0.4, -0.2) is 35.6 Å². The van der Waals surface area contributed by atoms with Crippen molar-refractivity contribution in [1.29, 1.82) is 0 Å². The number of benzene rings is 1. The van der Waals surface area contributed by atoms with Gasteiger partial charge in [-0.05, 0) is 32.0 Å². The summed E-state index contributed by atoms with van der Waals surface area (Å²) < 4.78 is 6.15. The molecule has 1 fully saturated rings. The number of carboxylic acids is 1. The number of amides is 2. The average molecular weight is 392 g/mol. The van der Waals surface area contributed by atoms with E-state index in [4.69, 9.17) is 21.1 Å². The number of carbonyl (C=O) groups is 2. The van der Waals surface area contributed by atoms with Gasteiger partial charge in [-0.3, -0.25) is 9.69 Å². The fourth-order valence-corrected chi connectivity index (χ4v) is 4.63. The van der Waals surface area contributed by atoms with Gasteiger partial charge in [-0.1, -0.05) is 30.9 Å². The van der Waals surface area contributed by atoms with Crippen molar-refractivity contribution in [3.05, 3.63) is 28.5 Å². The van der Waals surface area contributed by atoms with Crippen LogP contribution in [-0.2, 0) is 16.9 Å². The van der Waals surface area contributed by atoms with Gasteiger partial charge < -0.3 is 20.2 Å². The number of rotatable bonds is 4. The molecule has 3 N–H and O–H groups in total. The molecule has 4 rings (SSSR count). The molecule has 2 amide bonds. The summed E-state index contributed by atoms with van der Waals surface area (Å²) in [6.07, 6.45) is 4.90. The first-order valence-electron chi connectivity index (χ1n) is 9.13. The summed E-state index contributed by atoms with van der Waals surface area (Å²) in [5.41, 5.74) is 1.77.